The molecule has 3 nitrogen and oxygen atoms in total. The second-order valence-corrected chi connectivity index (χ2v) is 6.02. The molecule has 0 atom stereocenters. The van der Waals surface area contributed by atoms with Gasteiger partial charge in [-0.3, -0.25) is 0 Å². The van der Waals surface area contributed by atoms with Gasteiger partial charge in [-0.05, 0) is 5.56 Å². The SMILES string of the molecule is Nc1c(Cl)nc(-c2ccccc2)nc1SCc1ccccc1. The summed E-state index contributed by atoms with van der Waals surface area (Å²) in [6.45, 7) is 0. The Balaban J connectivity index is 1.89. The molecule has 0 spiro atoms. The molecule has 0 radical (unpaired) electrons. The normalized spacial score (nSPS) is 10.6. The van der Waals surface area contributed by atoms with Gasteiger partial charge < -0.3 is 5.73 Å². The number of benzene rings is 2. The van der Waals surface area contributed by atoms with Gasteiger partial charge in [-0.2, -0.15) is 0 Å². The highest BCUT2D eigenvalue weighted by molar-refractivity contribution is 7.98. The minimum Gasteiger partial charge on any atom is -0.394 e. The first-order valence-electron chi connectivity index (χ1n) is 6.79. The maximum atomic E-state index is 6.16. The fourth-order valence-corrected chi connectivity index (χ4v) is 3.10. The van der Waals surface area contributed by atoms with Crippen LogP contribution in [0, 0.1) is 0 Å². The van der Waals surface area contributed by atoms with E-state index in [0.717, 1.165) is 11.3 Å². The van der Waals surface area contributed by atoms with Crippen LogP contribution in [0.1, 0.15) is 5.56 Å². The van der Waals surface area contributed by atoms with Gasteiger partial charge in [0.2, 0.25) is 0 Å². The van der Waals surface area contributed by atoms with E-state index in [-0.39, 0.29) is 0 Å². The number of thioether (sulfide) groups is 1. The molecule has 3 rings (SSSR count). The van der Waals surface area contributed by atoms with Crippen molar-refractivity contribution in [3.05, 3.63) is 71.4 Å². The number of anilines is 1. The molecule has 0 aliphatic rings. The van der Waals surface area contributed by atoms with Crippen molar-refractivity contribution >= 4 is 29.1 Å². The summed E-state index contributed by atoms with van der Waals surface area (Å²) in [7, 11) is 0. The Hall–Kier alpha value is -2.04. The molecule has 0 bridgehead atoms. The Morgan fingerprint density at radius 1 is 0.909 bits per heavy atom. The summed E-state index contributed by atoms with van der Waals surface area (Å²) in [5, 5.41) is 1.01. The fourth-order valence-electron chi connectivity index (χ4n) is 1.98. The minimum atomic E-state index is 0.296. The second kappa shape index (κ2) is 6.81. The van der Waals surface area contributed by atoms with Gasteiger partial charge in [-0.25, -0.2) is 9.97 Å². The largest absolute Gasteiger partial charge is 0.394 e. The Kier molecular flexibility index (Phi) is 4.61. The van der Waals surface area contributed by atoms with E-state index in [2.05, 4.69) is 22.1 Å². The van der Waals surface area contributed by atoms with Crippen molar-refractivity contribution in [3.8, 4) is 11.4 Å². The van der Waals surface area contributed by atoms with Crippen LogP contribution in [0.3, 0.4) is 0 Å². The van der Waals surface area contributed by atoms with Gasteiger partial charge in [0, 0.05) is 11.3 Å². The molecule has 0 saturated carbocycles. The fraction of sp³-hybridized carbons (Fsp3) is 0.0588. The lowest BCUT2D eigenvalue weighted by atomic mass is 10.2. The molecule has 0 unspecified atom stereocenters. The number of rotatable bonds is 4. The average molecular weight is 328 g/mol. The van der Waals surface area contributed by atoms with Crippen LogP contribution in [0.25, 0.3) is 11.4 Å². The Morgan fingerprint density at radius 3 is 2.23 bits per heavy atom. The molecule has 0 amide bonds. The third kappa shape index (κ3) is 3.40. The predicted octanol–water partition coefficient (Wildman–Crippen LogP) is 4.67. The molecule has 0 aliphatic heterocycles. The Bertz CT molecular complexity index is 764. The first-order chi connectivity index (χ1) is 10.7. The van der Waals surface area contributed by atoms with E-state index >= 15 is 0 Å². The highest BCUT2D eigenvalue weighted by atomic mass is 35.5. The average Bonchev–Trinajstić information content (AvgIpc) is 2.58. The summed E-state index contributed by atoms with van der Waals surface area (Å²) in [4.78, 5) is 8.84. The zero-order valence-corrected chi connectivity index (χ0v) is 13.3. The molecular formula is C17H14ClN3S. The number of nitrogen functional groups attached to an aromatic ring is 1. The van der Waals surface area contributed by atoms with Crippen LogP contribution in [0.15, 0.2) is 65.7 Å². The number of halogens is 1. The summed E-state index contributed by atoms with van der Waals surface area (Å²) in [6, 6.07) is 19.9. The molecule has 3 aromatic rings. The van der Waals surface area contributed by atoms with Crippen molar-refractivity contribution in [2.45, 2.75) is 10.8 Å². The van der Waals surface area contributed by atoms with Gasteiger partial charge in [-0.15, -0.1) is 0 Å². The van der Waals surface area contributed by atoms with Crippen LogP contribution < -0.4 is 5.73 Å². The van der Waals surface area contributed by atoms with E-state index in [9.17, 15) is 0 Å². The standard InChI is InChI=1S/C17H14ClN3S/c18-15-14(19)17(22-11-12-7-3-1-4-8-12)21-16(20-15)13-9-5-2-6-10-13/h1-10H,11,19H2. The van der Waals surface area contributed by atoms with Crippen LogP contribution in [0.2, 0.25) is 5.15 Å². The number of hydrogen-bond donors (Lipinski definition) is 1. The Labute approximate surface area is 138 Å². The van der Waals surface area contributed by atoms with Crippen molar-refractivity contribution in [3.63, 3.8) is 0 Å². The lowest BCUT2D eigenvalue weighted by molar-refractivity contribution is 1.07. The molecule has 110 valence electrons. The van der Waals surface area contributed by atoms with Gasteiger partial charge in [0.15, 0.2) is 11.0 Å². The van der Waals surface area contributed by atoms with Crippen molar-refractivity contribution in [2.75, 3.05) is 5.73 Å². The number of nitrogens with two attached hydrogens (primary N) is 1. The molecule has 0 saturated heterocycles. The smallest absolute Gasteiger partial charge is 0.162 e. The van der Waals surface area contributed by atoms with Crippen LogP contribution in [0.5, 0.6) is 0 Å². The van der Waals surface area contributed by atoms with Gasteiger partial charge in [0.05, 0.1) is 0 Å². The molecule has 5 heteroatoms. The Morgan fingerprint density at radius 2 is 1.55 bits per heavy atom. The lowest BCUT2D eigenvalue weighted by Crippen LogP contribution is -1.99. The van der Waals surface area contributed by atoms with Gasteiger partial charge in [0.25, 0.3) is 0 Å². The number of hydrogen-bond acceptors (Lipinski definition) is 4. The van der Waals surface area contributed by atoms with Crippen LogP contribution in [0.4, 0.5) is 5.69 Å². The number of aromatic nitrogens is 2. The first-order valence-corrected chi connectivity index (χ1v) is 8.15. The highest BCUT2D eigenvalue weighted by Crippen LogP contribution is 2.32. The molecule has 0 fully saturated rings. The van der Waals surface area contributed by atoms with Gasteiger partial charge in [-0.1, -0.05) is 84.0 Å². The molecular weight excluding hydrogens is 314 g/mol. The van der Waals surface area contributed by atoms with E-state index in [0.29, 0.717) is 21.7 Å². The summed E-state index contributed by atoms with van der Waals surface area (Å²) in [6.07, 6.45) is 0. The van der Waals surface area contributed by atoms with Gasteiger partial charge >= 0.3 is 0 Å². The zero-order chi connectivity index (χ0) is 15.4. The predicted molar refractivity (Wildman–Crippen MR) is 92.9 cm³/mol. The van der Waals surface area contributed by atoms with Crippen LogP contribution in [-0.2, 0) is 5.75 Å². The maximum Gasteiger partial charge on any atom is 0.162 e. The van der Waals surface area contributed by atoms with Crippen LogP contribution in [-0.4, -0.2) is 9.97 Å². The monoisotopic (exact) mass is 327 g/mol. The van der Waals surface area contributed by atoms with Crippen molar-refractivity contribution in [2.24, 2.45) is 0 Å². The molecule has 2 aromatic carbocycles. The topological polar surface area (TPSA) is 51.8 Å². The highest BCUT2D eigenvalue weighted by Gasteiger charge is 2.12. The quantitative estimate of drug-likeness (QED) is 0.558. The minimum absolute atomic E-state index is 0.296. The van der Waals surface area contributed by atoms with Crippen molar-refractivity contribution in [1.82, 2.24) is 9.97 Å². The molecule has 1 heterocycles. The molecule has 22 heavy (non-hydrogen) atoms. The second-order valence-electron chi connectivity index (χ2n) is 4.70. The number of nitrogens with zero attached hydrogens (tertiary/aromatic N) is 2. The molecule has 0 aliphatic carbocycles. The van der Waals surface area contributed by atoms with Crippen molar-refractivity contribution in [1.29, 1.82) is 0 Å². The molecule has 1 aromatic heterocycles. The van der Waals surface area contributed by atoms with E-state index < -0.39 is 0 Å². The van der Waals surface area contributed by atoms with Crippen LogP contribution >= 0.6 is 23.4 Å². The molecule has 2 N–H and O–H groups in total. The third-order valence-corrected chi connectivity index (χ3v) is 4.46. The van der Waals surface area contributed by atoms with E-state index in [1.165, 1.54) is 5.56 Å². The van der Waals surface area contributed by atoms with E-state index in [1.54, 1.807) is 11.8 Å². The first kappa shape index (κ1) is 14.9. The third-order valence-electron chi connectivity index (χ3n) is 3.11. The maximum absolute atomic E-state index is 6.16. The summed E-state index contributed by atoms with van der Waals surface area (Å²) < 4.78 is 0. The zero-order valence-electron chi connectivity index (χ0n) is 11.7. The summed E-state index contributed by atoms with van der Waals surface area (Å²) in [5.74, 6) is 1.38. The summed E-state index contributed by atoms with van der Waals surface area (Å²) in [5.41, 5.74) is 8.58. The van der Waals surface area contributed by atoms with Crippen molar-refractivity contribution < 1.29 is 0 Å². The summed E-state index contributed by atoms with van der Waals surface area (Å²) >= 11 is 7.72. The van der Waals surface area contributed by atoms with E-state index in [4.69, 9.17) is 17.3 Å². The van der Waals surface area contributed by atoms with Gasteiger partial charge in [0.1, 0.15) is 10.7 Å². The lowest BCUT2D eigenvalue weighted by Gasteiger charge is -2.09. The van der Waals surface area contributed by atoms with E-state index in [1.807, 2.05) is 48.5 Å².